The minimum absolute atomic E-state index is 0.0126. The van der Waals surface area contributed by atoms with Gasteiger partial charge >= 0.3 is 5.97 Å². The number of sulfonamides is 1. The zero-order chi connectivity index (χ0) is 29.9. The fraction of sp³-hybridized carbons (Fsp3) is 0.267. The molecule has 0 aliphatic heterocycles. The summed E-state index contributed by atoms with van der Waals surface area (Å²) in [7, 11) is -2.73. The number of anilines is 1. The number of nitrogens with zero attached hydrogens (tertiary/aromatic N) is 2. The lowest BCUT2D eigenvalue weighted by Gasteiger charge is -2.25. The van der Waals surface area contributed by atoms with E-state index in [1.165, 1.54) is 35.7 Å². The lowest BCUT2D eigenvalue weighted by Crippen LogP contribution is -2.31. The zero-order valence-corrected chi connectivity index (χ0v) is 25.6. The zero-order valence-electron chi connectivity index (χ0n) is 23.3. The summed E-state index contributed by atoms with van der Waals surface area (Å²) in [6.07, 6.45) is 0. The molecule has 0 saturated heterocycles. The van der Waals surface area contributed by atoms with Crippen molar-refractivity contribution in [3.8, 4) is 17.0 Å². The third-order valence-corrected chi connectivity index (χ3v) is 9.01. The van der Waals surface area contributed by atoms with Gasteiger partial charge in [0.15, 0.2) is 0 Å². The molecule has 0 saturated carbocycles. The Balaban J connectivity index is 1.63. The molecule has 0 spiro atoms. The van der Waals surface area contributed by atoms with Gasteiger partial charge in [-0.15, -0.1) is 0 Å². The number of aryl methyl sites for hydroxylation is 1. The summed E-state index contributed by atoms with van der Waals surface area (Å²) < 4.78 is 45.0. The Bertz CT molecular complexity index is 1660. The Morgan fingerprint density at radius 3 is 2.34 bits per heavy atom. The normalized spacial score (nSPS) is 11.5. The molecule has 0 bridgehead atoms. The Morgan fingerprint density at radius 2 is 1.73 bits per heavy atom. The average Bonchev–Trinajstić information content (AvgIpc) is 3.36. The minimum Gasteiger partial charge on any atom is -0.489 e. The van der Waals surface area contributed by atoms with Crippen molar-refractivity contribution in [2.75, 3.05) is 18.0 Å². The largest absolute Gasteiger partial charge is 0.489 e. The van der Waals surface area contributed by atoms with E-state index in [2.05, 4.69) is 5.16 Å². The van der Waals surface area contributed by atoms with E-state index >= 15 is 0 Å². The van der Waals surface area contributed by atoms with Gasteiger partial charge in [0.05, 0.1) is 38.9 Å². The van der Waals surface area contributed by atoms with Gasteiger partial charge in [0.25, 0.3) is 10.0 Å². The monoisotopic (exact) mass is 616 g/mol. The molecule has 0 N–H and O–H groups in total. The van der Waals surface area contributed by atoms with E-state index in [1.54, 1.807) is 50.2 Å². The van der Waals surface area contributed by atoms with Crippen molar-refractivity contribution >= 4 is 44.9 Å². The number of esters is 1. The van der Waals surface area contributed by atoms with Crippen LogP contribution >= 0.6 is 23.2 Å². The summed E-state index contributed by atoms with van der Waals surface area (Å²) in [5, 5.41) is 5.15. The lowest BCUT2D eigenvalue weighted by molar-refractivity contribution is 0.0600. The second kappa shape index (κ2) is 12.5. The number of halogens is 2. The maximum Gasteiger partial charge on any atom is 0.337 e. The predicted molar refractivity (Wildman–Crippen MR) is 160 cm³/mol. The number of hydrogen-bond donors (Lipinski definition) is 0. The number of carbonyl (C=O) groups is 1. The topological polar surface area (TPSA) is 98.9 Å². The third-order valence-electron chi connectivity index (χ3n) is 6.49. The first-order valence-corrected chi connectivity index (χ1v) is 15.1. The van der Waals surface area contributed by atoms with Crippen molar-refractivity contribution in [1.29, 1.82) is 0 Å². The van der Waals surface area contributed by atoms with Crippen LogP contribution in [-0.2, 0) is 21.4 Å². The van der Waals surface area contributed by atoms with Crippen LogP contribution in [0.25, 0.3) is 11.3 Å². The molecule has 0 aliphatic carbocycles. The highest BCUT2D eigenvalue weighted by atomic mass is 35.5. The van der Waals surface area contributed by atoms with Crippen LogP contribution in [0.4, 0.5) is 5.69 Å². The molecule has 0 radical (unpaired) electrons. The van der Waals surface area contributed by atoms with Gasteiger partial charge in [0, 0.05) is 18.0 Å². The van der Waals surface area contributed by atoms with E-state index in [-0.39, 0.29) is 29.5 Å². The van der Waals surface area contributed by atoms with E-state index < -0.39 is 16.0 Å². The third kappa shape index (κ3) is 6.22. The maximum absolute atomic E-state index is 13.6. The number of benzene rings is 3. The molecule has 0 atom stereocenters. The molecular formula is C30H30Cl2N2O6S. The van der Waals surface area contributed by atoms with Crippen LogP contribution in [0.5, 0.6) is 5.75 Å². The standard InChI is InChI=1S/C30H30Cl2N2O6S/c1-6-34(41(36,37)22-10-7-9-20(16-22)30(35)38-5)26-14-13-21(15-19(26)4)39-17-23-28(33-40-29(23)18(2)3)27-24(31)11-8-12-25(27)32/h7-16,18H,6,17H2,1-5H3. The smallest absolute Gasteiger partial charge is 0.337 e. The van der Waals surface area contributed by atoms with Crippen LogP contribution in [0.1, 0.15) is 53.9 Å². The first-order chi connectivity index (χ1) is 19.5. The van der Waals surface area contributed by atoms with Crippen molar-refractivity contribution in [3.63, 3.8) is 0 Å². The number of rotatable bonds is 10. The Morgan fingerprint density at radius 1 is 1.05 bits per heavy atom. The number of aromatic nitrogens is 1. The Hall–Kier alpha value is -3.53. The predicted octanol–water partition coefficient (Wildman–Crippen LogP) is 7.66. The number of carbonyl (C=O) groups excluding carboxylic acids is 1. The first-order valence-electron chi connectivity index (χ1n) is 12.9. The van der Waals surface area contributed by atoms with Gasteiger partial charge in [-0.2, -0.15) is 0 Å². The second-order valence-corrected chi connectivity index (χ2v) is 12.2. The molecule has 1 aromatic heterocycles. The summed E-state index contributed by atoms with van der Waals surface area (Å²) in [4.78, 5) is 12.0. The molecule has 216 valence electrons. The summed E-state index contributed by atoms with van der Waals surface area (Å²) in [6.45, 7) is 7.82. The van der Waals surface area contributed by atoms with Gasteiger partial charge in [-0.25, -0.2) is 13.2 Å². The number of methoxy groups -OCH3 is 1. The summed E-state index contributed by atoms with van der Waals surface area (Å²) >= 11 is 12.9. The van der Waals surface area contributed by atoms with Crippen LogP contribution in [0.15, 0.2) is 70.1 Å². The second-order valence-electron chi connectivity index (χ2n) is 9.55. The van der Waals surface area contributed by atoms with E-state index in [0.717, 1.165) is 5.56 Å². The van der Waals surface area contributed by atoms with Crippen LogP contribution < -0.4 is 9.04 Å². The van der Waals surface area contributed by atoms with Crippen LogP contribution in [-0.4, -0.2) is 33.2 Å². The van der Waals surface area contributed by atoms with Crippen LogP contribution in [0.2, 0.25) is 10.0 Å². The molecular weight excluding hydrogens is 587 g/mol. The van der Waals surface area contributed by atoms with Crippen LogP contribution in [0, 0.1) is 6.92 Å². The van der Waals surface area contributed by atoms with Crippen molar-refractivity contribution in [2.45, 2.75) is 45.1 Å². The summed E-state index contributed by atoms with van der Waals surface area (Å²) in [5.41, 5.74) is 3.12. The molecule has 0 fully saturated rings. The van der Waals surface area contributed by atoms with E-state index in [4.69, 9.17) is 37.2 Å². The van der Waals surface area contributed by atoms with E-state index in [9.17, 15) is 13.2 Å². The Kier molecular flexibility index (Phi) is 9.31. The highest BCUT2D eigenvalue weighted by Crippen LogP contribution is 2.39. The molecule has 11 heteroatoms. The van der Waals surface area contributed by atoms with E-state index in [1.807, 2.05) is 13.8 Å². The molecule has 8 nitrogen and oxygen atoms in total. The number of ether oxygens (including phenoxy) is 2. The van der Waals surface area contributed by atoms with Gasteiger partial charge in [-0.1, -0.05) is 54.3 Å². The molecule has 1 heterocycles. The van der Waals surface area contributed by atoms with Gasteiger partial charge in [0.2, 0.25) is 0 Å². The van der Waals surface area contributed by atoms with Gasteiger partial charge in [0.1, 0.15) is 23.8 Å². The fourth-order valence-electron chi connectivity index (χ4n) is 4.49. The van der Waals surface area contributed by atoms with Gasteiger partial charge in [-0.05, 0) is 67.9 Å². The molecule has 4 aromatic rings. The quantitative estimate of drug-likeness (QED) is 0.169. The van der Waals surface area contributed by atoms with Gasteiger partial charge < -0.3 is 14.0 Å². The highest BCUT2D eigenvalue weighted by molar-refractivity contribution is 7.92. The van der Waals surface area contributed by atoms with Crippen molar-refractivity contribution in [2.24, 2.45) is 0 Å². The number of hydrogen-bond acceptors (Lipinski definition) is 7. The minimum atomic E-state index is -3.97. The Labute approximate surface area is 249 Å². The summed E-state index contributed by atoms with van der Waals surface area (Å²) in [5.74, 6) is 0.596. The van der Waals surface area contributed by atoms with Gasteiger partial charge in [-0.3, -0.25) is 4.31 Å². The SMILES string of the molecule is CCN(c1ccc(OCc2c(-c3c(Cl)cccc3Cl)noc2C(C)C)cc1C)S(=O)(=O)c1cccc(C(=O)OC)c1. The molecule has 0 amide bonds. The molecule has 4 rings (SSSR count). The molecule has 0 aliphatic rings. The molecule has 0 unspecified atom stereocenters. The van der Waals surface area contributed by atoms with E-state index in [0.29, 0.717) is 44.1 Å². The lowest BCUT2D eigenvalue weighted by atomic mass is 10.0. The van der Waals surface area contributed by atoms with Crippen molar-refractivity contribution in [3.05, 3.63) is 93.2 Å². The van der Waals surface area contributed by atoms with Crippen LogP contribution in [0.3, 0.4) is 0 Å². The average molecular weight is 618 g/mol. The summed E-state index contributed by atoms with van der Waals surface area (Å²) in [6, 6.07) is 16.2. The van der Waals surface area contributed by atoms with Crippen molar-refractivity contribution < 1.29 is 27.2 Å². The molecule has 3 aromatic carbocycles. The maximum atomic E-state index is 13.6. The van der Waals surface area contributed by atoms with Crippen molar-refractivity contribution in [1.82, 2.24) is 5.16 Å². The highest BCUT2D eigenvalue weighted by Gasteiger charge is 2.27. The molecule has 41 heavy (non-hydrogen) atoms. The fourth-order valence-corrected chi connectivity index (χ4v) is 6.65. The first kappa shape index (κ1) is 30.4.